The van der Waals surface area contributed by atoms with Crippen molar-refractivity contribution in [3.63, 3.8) is 0 Å². The molecule has 0 spiro atoms. The number of aromatic nitrogens is 1. The normalized spacial score (nSPS) is 10.9. The second kappa shape index (κ2) is 5.93. The minimum Gasteiger partial charge on any atom is -0.507 e. The molecule has 0 aliphatic rings. The number of H-pyrrole nitrogens is 1. The van der Waals surface area contributed by atoms with Gasteiger partial charge in [-0.2, -0.15) is 0 Å². The third-order valence-corrected chi connectivity index (χ3v) is 3.82. The molecule has 3 rings (SSSR count). The number of phenols is 2. The zero-order chi connectivity index (χ0) is 15.5. The van der Waals surface area contributed by atoms with Gasteiger partial charge >= 0.3 is 0 Å². The Morgan fingerprint density at radius 3 is 2.50 bits per heavy atom. The molecule has 3 N–H and O–H groups in total. The van der Waals surface area contributed by atoms with Crippen LogP contribution in [0.5, 0.6) is 11.5 Å². The van der Waals surface area contributed by atoms with Crippen LogP contribution in [0.2, 0.25) is 0 Å². The largest absolute Gasteiger partial charge is 0.507 e. The van der Waals surface area contributed by atoms with Gasteiger partial charge in [-0.15, -0.1) is 0 Å². The Hall–Kier alpha value is -2.75. The Labute approximate surface area is 128 Å². The SMILES string of the molecule is O=C(CCCc1c[nH]c2ccccc12)c1c(O)cccc1O. The summed E-state index contributed by atoms with van der Waals surface area (Å²) in [5.74, 6) is -0.579. The number of carbonyl (C=O) groups is 1. The topological polar surface area (TPSA) is 73.3 Å². The average molecular weight is 295 g/mol. The molecule has 0 fully saturated rings. The van der Waals surface area contributed by atoms with Crippen LogP contribution in [0.15, 0.2) is 48.7 Å². The minimum absolute atomic E-state index is 0.0152. The Morgan fingerprint density at radius 2 is 1.73 bits per heavy atom. The number of rotatable bonds is 5. The molecule has 1 heterocycles. The maximum atomic E-state index is 12.2. The highest BCUT2D eigenvalue weighted by molar-refractivity contribution is 6.01. The van der Waals surface area contributed by atoms with E-state index in [9.17, 15) is 15.0 Å². The molecule has 0 atom stereocenters. The van der Waals surface area contributed by atoms with E-state index in [4.69, 9.17) is 0 Å². The number of fused-ring (bicyclic) bond motifs is 1. The lowest BCUT2D eigenvalue weighted by Gasteiger charge is -2.06. The van der Waals surface area contributed by atoms with Gasteiger partial charge in [-0.05, 0) is 36.6 Å². The fourth-order valence-electron chi connectivity index (χ4n) is 2.72. The first-order valence-electron chi connectivity index (χ1n) is 7.26. The van der Waals surface area contributed by atoms with Gasteiger partial charge < -0.3 is 15.2 Å². The van der Waals surface area contributed by atoms with E-state index in [0.717, 1.165) is 11.9 Å². The molecule has 4 nitrogen and oxygen atoms in total. The molecular weight excluding hydrogens is 278 g/mol. The number of benzene rings is 2. The number of nitrogens with one attached hydrogen (secondary N) is 1. The number of hydrogen-bond acceptors (Lipinski definition) is 3. The number of phenolic OH excluding ortho intramolecular Hbond substituents is 2. The summed E-state index contributed by atoms with van der Waals surface area (Å²) in [7, 11) is 0. The summed E-state index contributed by atoms with van der Waals surface area (Å²) >= 11 is 0. The molecule has 0 saturated heterocycles. The van der Waals surface area contributed by atoms with Crippen molar-refractivity contribution in [2.45, 2.75) is 19.3 Å². The van der Waals surface area contributed by atoms with E-state index in [0.29, 0.717) is 6.42 Å². The lowest BCUT2D eigenvalue weighted by atomic mass is 10.0. The number of aromatic hydroxyl groups is 2. The van der Waals surface area contributed by atoms with E-state index in [-0.39, 0.29) is 29.3 Å². The van der Waals surface area contributed by atoms with Crippen LogP contribution in [0.4, 0.5) is 0 Å². The van der Waals surface area contributed by atoms with Crippen molar-refractivity contribution in [3.05, 3.63) is 59.8 Å². The van der Waals surface area contributed by atoms with Gasteiger partial charge in [-0.3, -0.25) is 4.79 Å². The summed E-state index contributed by atoms with van der Waals surface area (Å²) in [6, 6.07) is 12.4. The first-order chi connectivity index (χ1) is 10.7. The monoisotopic (exact) mass is 295 g/mol. The molecule has 3 aromatic rings. The van der Waals surface area contributed by atoms with Gasteiger partial charge in [-0.25, -0.2) is 0 Å². The van der Waals surface area contributed by atoms with Crippen LogP contribution < -0.4 is 0 Å². The van der Waals surface area contributed by atoms with Gasteiger partial charge in [-0.1, -0.05) is 24.3 Å². The number of carbonyl (C=O) groups excluding carboxylic acids is 1. The van der Waals surface area contributed by atoms with Crippen molar-refractivity contribution in [1.29, 1.82) is 0 Å². The fraction of sp³-hybridized carbons (Fsp3) is 0.167. The van der Waals surface area contributed by atoms with Crippen LogP contribution in [0.1, 0.15) is 28.8 Å². The average Bonchev–Trinajstić information content (AvgIpc) is 2.91. The van der Waals surface area contributed by atoms with Gasteiger partial charge in [0, 0.05) is 23.5 Å². The number of para-hydroxylation sites is 1. The molecule has 0 aliphatic heterocycles. The molecule has 22 heavy (non-hydrogen) atoms. The fourth-order valence-corrected chi connectivity index (χ4v) is 2.72. The Balaban J connectivity index is 1.67. The molecule has 0 saturated carbocycles. The Kier molecular flexibility index (Phi) is 3.83. The highest BCUT2D eigenvalue weighted by Crippen LogP contribution is 2.28. The second-order valence-corrected chi connectivity index (χ2v) is 5.31. The van der Waals surface area contributed by atoms with Crippen LogP contribution in [0.25, 0.3) is 10.9 Å². The van der Waals surface area contributed by atoms with Gasteiger partial charge in [0.1, 0.15) is 17.1 Å². The molecule has 0 amide bonds. The minimum atomic E-state index is -0.240. The number of hydrogen-bond donors (Lipinski definition) is 3. The van der Waals surface area contributed by atoms with Crippen molar-refractivity contribution < 1.29 is 15.0 Å². The zero-order valence-electron chi connectivity index (χ0n) is 12.0. The van der Waals surface area contributed by atoms with Crippen LogP contribution in [-0.2, 0) is 6.42 Å². The lowest BCUT2D eigenvalue weighted by Crippen LogP contribution is -2.01. The van der Waals surface area contributed by atoms with E-state index in [1.54, 1.807) is 0 Å². The zero-order valence-corrected chi connectivity index (χ0v) is 12.0. The Bertz CT molecular complexity index is 800. The summed E-state index contributed by atoms with van der Waals surface area (Å²) in [5, 5.41) is 20.6. The summed E-state index contributed by atoms with van der Waals surface area (Å²) < 4.78 is 0. The van der Waals surface area contributed by atoms with Gasteiger partial charge in [0.2, 0.25) is 0 Å². The van der Waals surface area contributed by atoms with Crippen LogP contribution in [0.3, 0.4) is 0 Å². The maximum Gasteiger partial charge on any atom is 0.170 e. The molecule has 4 heteroatoms. The standard InChI is InChI=1S/C18H17NO3/c20-15(18-16(21)9-4-10-17(18)22)8-3-5-12-11-19-14-7-2-1-6-13(12)14/h1-2,4,6-7,9-11,19,21-22H,3,5,8H2. The number of aryl methyl sites for hydroxylation is 1. The molecule has 2 aromatic carbocycles. The van der Waals surface area contributed by atoms with Crippen molar-refractivity contribution in [3.8, 4) is 11.5 Å². The number of ketones is 1. The highest BCUT2D eigenvalue weighted by Gasteiger charge is 2.15. The molecule has 0 aliphatic carbocycles. The van der Waals surface area contributed by atoms with Gasteiger partial charge in [0.25, 0.3) is 0 Å². The van der Waals surface area contributed by atoms with Crippen LogP contribution in [-0.4, -0.2) is 21.0 Å². The summed E-state index contributed by atoms with van der Waals surface area (Å²) in [5.41, 5.74) is 2.27. The summed E-state index contributed by atoms with van der Waals surface area (Å²) in [6.45, 7) is 0. The predicted molar refractivity (Wildman–Crippen MR) is 85.3 cm³/mol. The number of Topliss-reactive ketones (excluding diaryl/α,β-unsaturated/α-hetero) is 1. The molecule has 0 radical (unpaired) electrons. The first kappa shape index (κ1) is 14.2. The van der Waals surface area contributed by atoms with E-state index < -0.39 is 0 Å². The Morgan fingerprint density at radius 1 is 1.00 bits per heavy atom. The third-order valence-electron chi connectivity index (χ3n) is 3.82. The quantitative estimate of drug-likeness (QED) is 0.627. The third kappa shape index (κ3) is 2.68. The van der Waals surface area contributed by atoms with Crippen molar-refractivity contribution in [2.75, 3.05) is 0 Å². The second-order valence-electron chi connectivity index (χ2n) is 5.31. The van der Waals surface area contributed by atoms with Crippen molar-refractivity contribution in [1.82, 2.24) is 4.98 Å². The molecule has 0 bridgehead atoms. The van der Waals surface area contributed by atoms with Crippen molar-refractivity contribution in [2.24, 2.45) is 0 Å². The molecule has 1 aromatic heterocycles. The van der Waals surface area contributed by atoms with Gasteiger partial charge in [0.05, 0.1) is 0 Å². The molecule has 112 valence electrons. The summed E-state index contributed by atoms with van der Waals surface area (Å²) in [6.07, 6.45) is 3.68. The number of aromatic amines is 1. The smallest absolute Gasteiger partial charge is 0.170 e. The highest BCUT2D eigenvalue weighted by atomic mass is 16.3. The van der Waals surface area contributed by atoms with E-state index >= 15 is 0 Å². The lowest BCUT2D eigenvalue weighted by molar-refractivity contribution is 0.0975. The van der Waals surface area contributed by atoms with Crippen molar-refractivity contribution >= 4 is 16.7 Å². The molecule has 0 unspecified atom stereocenters. The molecular formula is C18H17NO3. The van der Waals surface area contributed by atoms with Gasteiger partial charge in [0.15, 0.2) is 5.78 Å². The van der Waals surface area contributed by atoms with E-state index in [2.05, 4.69) is 11.1 Å². The summed E-state index contributed by atoms with van der Waals surface area (Å²) in [4.78, 5) is 15.4. The maximum absolute atomic E-state index is 12.2. The first-order valence-corrected chi connectivity index (χ1v) is 7.26. The van der Waals surface area contributed by atoms with Crippen LogP contribution in [0, 0.1) is 0 Å². The van der Waals surface area contributed by atoms with Crippen LogP contribution >= 0.6 is 0 Å². The van der Waals surface area contributed by atoms with E-state index in [1.165, 1.54) is 29.1 Å². The predicted octanol–water partition coefficient (Wildman–Crippen LogP) is 3.78. The van der Waals surface area contributed by atoms with E-state index in [1.807, 2.05) is 24.4 Å².